The van der Waals surface area contributed by atoms with Crippen molar-refractivity contribution in [2.75, 3.05) is 13.1 Å². The summed E-state index contributed by atoms with van der Waals surface area (Å²) in [5.41, 5.74) is 4.64. The zero-order chi connectivity index (χ0) is 11.4. The monoisotopic (exact) mass is 227 g/mol. The van der Waals surface area contributed by atoms with Gasteiger partial charge >= 0.3 is 0 Å². The second-order valence-electron chi connectivity index (χ2n) is 5.03. The lowest BCUT2D eigenvalue weighted by atomic mass is 9.97. The van der Waals surface area contributed by atoms with Gasteiger partial charge in [0.25, 0.3) is 0 Å². The van der Waals surface area contributed by atoms with Crippen LogP contribution in [0.5, 0.6) is 0 Å². The normalized spacial score (nSPS) is 27.4. The van der Waals surface area contributed by atoms with E-state index in [1.165, 1.54) is 16.2 Å². The van der Waals surface area contributed by atoms with Crippen LogP contribution in [0.2, 0.25) is 0 Å². The second-order valence-corrected chi connectivity index (χ2v) is 5.03. The molecular weight excluding hydrogens is 214 g/mol. The minimum atomic E-state index is 0.458. The predicted molar refractivity (Wildman–Crippen MR) is 63.0 cm³/mol. The standard InChI is InChI=1S/C13H13N3O/c17-16-6-8-3-9(7-16)11-5-13-12(4-10(8)11)14-1-2-15-13/h1-2,4-5,8-9,17H,3,6-7H2. The lowest BCUT2D eigenvalue weighted by Gasteiger charge is -2.26. The molecule has 0 amide bonds. The molecule has 1 aromatic heterocycles. The van der Waals surface area contributed by atoms with Crippen LogP contribution in [0, 0.1) is 0 Å². The zero-order valence-corrected chi connectivity index (χ0v) is 9.37. The molecule has 2 unspecified atom stereocenters. The van der Waals surface area contributed by atoms with Gasteiger partial charge in [0.15, 0.2) is 0 Å². The van der Waals surface area contributed by atoms with Gasteiger partial charge in [-0.2, -0.15) is 5.06 Å². The molecule has 2 heterocycles. The van der Waals surface area contributed by atoms with Gasteiger partial charge in [-0.3, -0.25) is 9.97 Å². The van der Waals surface area contributed by atoms with Gasteiger partial charge in [0.1, 0.15) is 0 Å². The van der Waals surface area contributed by atoms with E-state index in [2.05, 4.69) is 22.1 Å². The van der Waals surface area contributed by atoms with E-state index >= 15 is 0 Å². The molecule has 1 aromatic carbocycles. The highest BCUT2D eigenvalue weighted by Crippen LogP contribution is 2.46. The second kappa shape index (κ2) is 3.24. The molecule has 2 aromatic rings. The van der Waals surface area contributed by atoms with Crippen LogP contribution in [-0.4, -0.2) is 33.3 Å². The first-order valence-electron chi connectivity index (χ1n) is 5.99. The smallest absolute Gasteiger partial charge is 0.0889 e. The molecule has 1 N–H and O–H groups in total. The van der Waals surface area contributed by atoms with Crippen molar-refractivity contribution >= 4 is 11.0 Å². The lowest BCUT2D eigenvalue weighted by molar-refractivity contribution is -0.110. The van der Waals surface area contributed by atoms with Gasteiger partial charge in [-0.1, -0.05) is 0 Å². The molecule has 1 aliphatic carbocycles. The molecule has 0 radical (unpaired) electrons. The number of hydroxylamine groups is 2. The maximum absolute atomic E-state index is 9.70. The van der Waals surface area contributed by atoms with Crippen molar-refractivity contribution in [3.05, 3.63) is 35.7 Å². The maximum atomic E-state index is 9.70. The highest BCUT2D eigenvalue weighted by molar-refractivity contribution is 5.77. The fourth-order valence-electron chi connectivity index (χ4n) is 3.28. The molecule has 86 valence electrons. The minimum absolute atomic E-state index is 0.458. The topological polar surface area (TPSA) is 49.2 Å². The van der Waals surface area contributed by atoms with Crippen molar-refractivity contribution in [3.8, 4) is 0 Å². The van der Waals surface area contributed by atoms with E-state index in [4.69, 9.17) is 0 Å². The number of hydrogen-bond donors (Lipinski definition) is 1. The van der Waals surface area contributed by atoms with E-state index in [1.807, 2.05) is 0 Å². The largest absolute Gasteiger partial charge is 0.314 e. The summed E-state index contributed by atoms with van der Waals surface area (Å²) in [6.45, 7) is 1.49. The summed E-state index contributed by atoms with van der Waals surface area (Å²) >= 11 is 0. The Morgan fingerprint density at radius 2 is 1.53 bits per heavy atom. The highest BCUT2D eigenvalue weighted by Gasteiger charge is 2.37. The first-order chi connectivity index (χ1) is 8.31. The molecule has 0 spiro atoms. The number of rotatable bonds is 0. The molecule has 4 heteroatoms. The summed E-state index contributed by atoms with van der Waals surface area (Å²) in [6.07, 6.45) is 4.62. The summed E-state index contributed by atoms with van der Waals surface area (Å²) in [5, 5.41) is 11.2. The van der Waals surface area contributed by atoms with Gasteiger partial charge in [-0.15, -0.1) is 0 Å². The number of benzene rings is 1. The third-order valence-electron chi connectivity index (χ3n) is 3.99. The highest BCUT2D eigenvalue weighted by atomic mass is 16.5. The Morgan fingerprint density at radius 3 is 2.06 bits per heavy atom. The minimum Gasteiger partial charge on any atom is -0.314 e. The Morgan fingerprint density at radius 1 is 1.00 bits per heavy atom. The fraction of sp³-hybridized carbons (Fsp3) is 0.385. The average Bonchev–Trinajstić information content (AvgIpc) is 2.59. The number of aromatic nitrogens is 2. The first kappa shape index (κ1) is 9.50. The quantitative estimate of drug-likeness (QED) is 0.746. The number of nitrogens with zero attached hydrogens (tertiary/aromatic N) is 3. The van der Waals surface area contributed by atoms with Crippen molar-refractivity contribution in [1.29, 1.82) is 0 Å². The van der Waals surface area contributed by atoms with E-state index in [9.17, 15) is 5.21 Å². The lowest BCUT2D eigenvalue weighted by Crippen LogP contribution is -2.31. The summed E-state index contributed by atoms with van der Waals surface area (Å²) in [4.78, 5) is 8.71. The van der Waals surface area contributed by atoms with Crippen LogP contribution in [0.15, 0.2) is 24.5 Å². The van der Waals surface area contributed by atoms with Crippen LogP contribution < -0.4 is 0 Å². The Bertz CT molecular complexity index is 548. The maximum Gasteiger partial charge on any atom is 0.0889 e. The van der Waals surface area contributed by atoms with Crippen LogP contribution in [0.25, 0.3) is 11.0 Å². The summed E-state index contributed by atoms with van der Waals surface area (Å²) in [6, 6.07) is 4.31. The Hall–Kier alpha value is -1.52. The van der Waals surface area contributed by atoms with Crippen molar-refractivity contribution < 1.29 is 5.21 Å². The molecular formula is C13H13N3O. The van der Waals surface area contributed by atoms with E-state index < -0.39 is 0 Å². The molecule has 2 atom stereocenters. The molecule has 1 aliphatic heterocycles. The van der Waals surface area contributed by atoms with Crippen molar-refractivity contribution in [2.45, 2.75) is 18.3 Å². The molecule has 4 nitrogen and oxygen atoms in total. The van der Waals surface area contributed by atoms with Crippen LogP contribution >= 0.6 is 0 Å². The van der Waals surface area contributed by atoms with Crippen molar-refractivity contribution in [3.63, 3.8) is 0 Å². The SMILES string of the molecule is ON1CC2CC(C1)c1cc3nccnc3cc12. The first-order valence-corrected chi connectivity index (χ1v) is 5.99. The van der Waals surface area contributed by atoms with E-state index in [0.717, 1.165) is 30.5 Å². The third kappa shape index (κ3) is 1.31. The summed E-state index contributed by atoms with van der Waals surface area (Å²) in [7, 11) is 0. The Kier molecular flexibility index (Phi) is 1.81. The summed E-state index contributed by atoms with van der Waals surface area (Å²) in [5.74, 6) is 0.917. The number of hydrogen-bond acceptors (Lipinski definition) is 4. The molecule has 0 saturated carbocycles. The van der Waals surface area contributed by atoms with Crippen LogP contribution in [0.4, 0.5) is 0 Å². The Balaban J connectivity index is 1.95. The van der Waals surface area contributed by atoms with E-state index in [1.54, 1.807) is 12.4 Å². The summed E-state index contributed by atoms with van der Waals surface area (Å²) < 4.78 is 0. The molecule has 2 bridgehead atoms. The molecule has 4 rings (SSSR count). The average molecular weight is 227 g/mol. The zero-order valence-electron chi connectivity index (χ0n) is 9.37. The molecule has 17 heavy (non-hydrogen) atoms. The van der Waals surface area contributed by atoms with Crippen LogP contribution in [0.1, 0.15) is 29.4 Å². The van der Waals surface area contributed by atoms with E-state index in [0.29, 0.717) is 11.8 Å². The predicted octanol–water partition coefficient (Wildman–Crippen LogP) is 1.91. The third-order valence-corrected chi connectivity index (χ3v) is 3.99. The van der Waals surface area contributed by atoms with Gasteiger partial charge in [0.05, 0.1) is 11.0 Å². The van der Waals surface area contributed by atoms with Crippen LogP contribution in [-0.2, 0) is 0 Å². The molecule has 2 aliphatic rings. The van der Waals surface area contributed by atoms with Gasteiger partial charge < -0.3 is 5.21 Å². The molecule has 1 fully saturated rings. The van der Waals surface area contributed by atoms with Crippen molar-refractivity contribution in [2.24, 2.45) is 0 Å². The van der Waals surface area contributed by atoms with Crippen LogP contribution in [0.3, 0.4) is 0 Å². The van der Waals surface area contributed by atoms with Crippen molar-refractivity contribution in [1.82, 2.24) is 15.0 Å². The van der Waals surface area contributed by atoms with E-state index in [-0.39, 0.29) is 0 Å². The fourth-order valence-corrected chi connectivity index (χ4v) is 3.28. The number of piperidine rings is 1. The van der Waals surface area contributed by atoms with Gasteiger partial charge in [0, 0.05) is 25.5 Å². The van der Waals surface area contributed by atoms with Gasteiger partial charge in [-0.25, -0.2) is 0 Å². The van der Waals surface area contributed by atoms with Gasteiger partial charge in [-0.05, 0) is 41.5 Å². The number of fused-ring (bicyclic) bond motifs is 6. The molecule has 1 saturated heterocycles. The van der Waals surface area contributed by atoms with Gasteiger partial charge in [0.2, 0.25) is 0 Å². The Labute approximate surface area is 98.9 Å².